The van der Waals surface area contributed by atoms with Gasteiger partial charge in [0.05, 0.1) is 23.3 Å². The first kappa shape index (κ1) is 15.6. The largest absolute Gasteiger partial charge is 0.418 e. The van der Waals surface area contributed by atoms with E-state index in [9.17, 15) is 18.0 Å². The van der Waals surface area contributed by atoms with Gasteiger partial charge in [-0.25, -0.2) is 4.79 Å². The van der Waals surface area contributed by atoms with E-state index in [1.807, 2.05) is 13.8 Å². The van der Waals surface area contributed by atoms with Gasteiger partial charge in [0.2, 0.25) is 0 Å². The first-order chi connectivity index (χ1) is 9.60. The summed E-state index contributed by atoms with van der Waals surface area (Å²) < 4.78 is 38.6. The molecule has 0 saturated carbocycles. The fourth-order valence-electron chi connectivity index (χ4n) is 2.05. The number of nitrogens with one attached hydrogen (secondary N) is 2. The highest BCUT2D eigenvalue weighted by Crippen LogP contribution is 2.34. The summed E-state index contributed by atoms with van der Waals surface area (Å²) in [7, 11) is 0. The number of thiocarbonyl (C=S) groups is 1. The molecule has 0 bridgehead atoms. The van der Waals surface area contributed by atoms with Gasteiger partial charge >= 0.3 is 12.2 Å². The highest BCUT2D eigenvalue weighted by Gasteiger charge is 2.37. The fraction of sp³-hybridized carbons (Fsp3) is 0.385. The molecule has 4 nitrogen and oxygen atoms in total. The van der Waals surface area contributed by atoms with Crippen molar-refractivity contribution < 1.29 is 18.0 Å². The van der Waals surface area contributed by atoms with Crippen LogP contribution >= 0.6 is 12.2 Å². The van der Waals surface area contributed by atoms with Crippen LogP contribution in [0.1, 0.15) is 19.4 Å². The Morgan fingerprint density at radius 2 is 2.00 bits per heavy atom. The van der Waals surface area contributed by atoms with Crippen molar-refractivity contribution in [3.8, 4) is 0 Å². The van der Waals surface area contributed by atoms with Crippen molar-refractivity contribution in [1.82, 2.24) is 10.2 Å². The molecule has 1 aromatic carbocycles. The Hall–Kier alpha value is -1.83. The molecule has 8 heteroatoms. The van der Waals surface area contributed by atoms with Crippen molar-refractivity contribution in [3.05, 3.63) is 29.8 Å². The number of nitrogens with zero attached hydrogens (tertiary/aromatic N) is 1. The molecule has 0 unspecified atom stereocenters. The van der Waals surface area contributed by atoms with Gasteiger partial charge in [-0.1, -0.05) is 12.1 Å². The number of benzene rings is 1. The number of carbonyl (C=O) groups excluding carboxylic acids is 1. The zero-order valence-electron chi connectivity index (χ0n) is 11.4. The van der Waals surface area contributed by atoms with Gasteiger partial charge in [-0.05, 0) is 38.2 Å². The van der Waals surface area contributed by atoms with E-state index in [4.69, 9.17) is 12.2 Å². The molecule has 1 fully saturated rings. The number of rotatable bonds is 1. The molecule has 1 aromatic rings. The number of urea groups is 1. The molecule has 114 valence electrons. The van der Waals surface area contributed by atoms with Crippen LogP contribution in [-0.2, 0) is 6.18 Å². The topological polar surface area (TPSA) is 44.4 Å². The van der Waals surface area contributed by atoms with E-state index in [0.29, 0.717) is 0 Å². The summed E-state index contributed by atoms with van der Waals surface area (Å²) >= 11 is 5.02. The van der Waals surface area contributed by atoms with E-state index in [0.717, 1.165) is 6.07 Å². The quantitative estimate of drug-likeness (QED) is 0.782. The Balaban J connectivity index is 2.20. The van der Waals surface area contributed by atoms with Crippen LogP contribution in [0.5, 0.6) is 0 Å². The predicted octanol–water partition coefficient (Wildman–Crippen LogP) is 3.21. The van der Waals surface area contributed by atoms with E-state index in [1.54, 1.807) is 0 Å². The number of halogens is 3. The number of carbonyl (C=O) groups is 1. The molecule has 1 aliphatic rings. The van der Waals surface area contributed by atoms with E-state index in [2.05, 4.69) is 10.6 Å². The van der Waals surface area contributed by atoms with Crippen LogP contribution in [0.25, 0.3) is 0 Å². The summed E-state index contributed by atoms with van der Waals surface area (Å²) in [5, 5.41) is 5.39. The normalized spacial score (nSPS) is 17.6. The van der Waals surface area contributed by atoms with Crippen LogP contribution in [0.2, 0.25) is 0 Å². The molecule has 1 heterocycles. The Labute approximate surface area is 125 Å². The number of alkyl halides is 3. The molecule has 0 radical (unpaired) electrons. The maximum absolute atomic E-state index is 12.9. The van der Waals surface area contributed by atoms with Crippen LogP contribution in [0.3, 0.4) is 0 Å². The second-order valence-corrected chi connectivity index (χ2v) is 5.76. The molecule has 2 N–H and O–H groups in total. The third-order valence-electron chi connectivity index (χ3n) is 2.96. The third kappa shape index (κ3) is 3.44. The summed E-state index contributed by atoms with van der Waals surface area (Å²) in [5.74, 6) is 0. The van der Waals surface area contributed by atoms with Crippen LogP contribution < -0.4 is 10.6 Å². The number of hydrogen-bond donors (Lipinski definition) is 2. The minimum absolute atomic E-state index is 0.196. The zero-order valence-corrected chi connectivity index (χ0v) is 12.2. The van der Waals surface area contributed by atoms with Gasteiger partial charge in [0.25, 0.3) is 0 Å². The van der Waals surface area contributed by atoms with Gasteiger partial charge in [-0.2, -0.15) is 13.2 Å². The Bertz CT molecular complexity index is 586. The highest BCUT2D eigenvalue weighted by molar-refractivity contribution is 7.80. The van der Waals surface area contributed by atoms with Gasteiger partial charge in [-0.15, -0.1) is 0 Å². The molecule has 2 rings (SSSR count). The maximum Gasteiger partial charge on any atom is 0.418 e. The fourth-order valence-corrected chi connectivity index (χ4v) is 2.47. The van der Waals surface area contributed by atoms with Gasteiger partial charge in [0.1, 0.15) is 0 Å². The molecular weight excluding hydrogens is 303 g/mol. The summed E-state index contributed by atoms with van der Waals surface area (Å²) in [6.07, 6.45) is -4.53. The van der Waals surface area contributed by atoms with E-state index < -0.39 is 23.3 Å². The second kappa shape index (κ2) is 5.18. The molecule has 0 aliphatic carbocycles. The van der Waals surface area contributed by atoms with Crippen molar-refractivity contribution in [2.45, 2.75) is 25.6 Å². The Kier molecular flexibility index (Phi) is 3.83. The lowest BCUT2D eigenvalue weighted by Gasteiger charge is -2.19. The van der Waals surface area contributed by atoms with Crippen molar-refractivity contribution in [2.75, 3.05) is 11.9 Å². The third-order valence-corrected chi connectivity index (χ3v) is 3.29. The van der Waals surface area contributed by atoms with Crippen molar-refractivity contribution in [2.24, 2.45) is 0 Å². The minimum atomic E-state index is -4.53. The second-order valence-electron chi connectivity index (χ2n) is 5.37. The number of hydrogen-bond acceptors (Lipinski definition) is 2. The molecule has 1 saturated heterocycles. The van der Waals surface area contributed by atoms with Gasteiger partial charge < -0.3 is 10.6 Å². The van der Waals surface area contributed by atoms with E-state index >= 15 is 0 Å². The van der Waals surface area contributed by atoms with Crippen LogP contribution in [-0.4, -0.2) is 28.1 Å². The minimum Gasteiger partial charge on any atom is -0.355 e. The number of anilines is 1. The molecule has 0 spiro atoms. The Morgan fingerprint density at radius 1 is 1.38 bits per heavy atom. The van der Waals surface area contributed by atoms with Gasteiger partial charge in [0.15, 0.2) is 5.11 Å². The molecule has 1 aliphatic heterocycles. The predicted molar refractivity (Wildman–Crippen MR) is 77.0 cm³/mol. The first-order valence-corrected chi connectivity index (χ1v) is 6.58. The van der Waals surface area contributed by atoms with Crippen LogP contribution in [0.4, 0.5) is 23.7 Å². The lowest BCUT2D eigenvalue weighted by molar-refractivity contribution is -0.136. The standard InChI is InChI=1S/C13H14F3N3OS/c1-12(2)7-19(11(21)18-12)10(20)17-9-6-4-3-5-8(9)13(14,15)16/h3-6H,7H2,1-2H3,(H,17,20)(H,18,21). The average Bonchev–Trinajstić information content (AvgIpc) is 2.62. The number of para-hydroxylation sites is 1. The summed E-state index contributed by atoms with van der Waals surface area (Å²) in [5.41, 5.74) is -1.59. The Morgan fingerprint density at radius 3 is 2.52 bits per heavy atom. The van der Waals surface area contributed by atoms with Crippen LogP contribution in [0, 0.1) is 0 Å². The summed E-state index contributed by atoms with van der Waals surface area (Å²) in [6.45, 7) is 3.97. The average molecular weight is 317 g/mol. The van der Waals surface area contributed by atoms with Crippen molar-refractivity contribution in [3.63, 3.8) is 0 Å². The SMILES string of the molecule is CC1(C)CN(C(=O)Nc2ccccc2C(F)(F)F)C(=S)N1. The van der Waals surface area contributed by atoms with Crippen molar-refractivity contribution in [1.29, 1.82) is 0 Å². The van der Waals surface area contributed by atoms with E-state index in [1.165, 1.54) is 23.1 Å². The van der Waals surface area contributed by atoms with Gasteiger partial charge in [0, 0.05) is 0 Å². The molecule has 2 amide bonds. The highest BCUT2D eigenvalue weighted by atomic mass is 32.1. The lowest BCUT2D eigenvalue weighted by atomic mass is 10.1. The summed E-state index contributed by atoms with van der Waals surface area (Å²) in [4.78, 5) is 13.3. The monoisotopic (exact) mass is 317 g/mol. The summed E-state index contributed by atoms with van der Waals surface area (Å²) in [6, 6.07) is 4.13. The molecular formula is C13H14F3N3OS. The molecule has 0 aromatic heterocycles. The zero-order chi connectivity index (χ0) is 15.8. The molecule has 0 atom stereocenters. The smallest absolute Gasteiger partial charge is 0.355 e. The maximum atomic E-state index is 12.9. The first-order valence-electron chi connectivity index (χ1n) is 6.17. The van der Waals surface area contributed by atoms with Crippen LogP contribution in [0.15, 0.2) is 24.3 Å². The number of amides is 2. The van der Waals surface area contributed by atoms with E-state index in [-0.39, 0.29) is 17.3 Å². The molecule has 21 heavy (non-hydrogen) atoms. The van der Waals surface area contributed by atoms with Gasteiger partial charge in [-0.3, -0.25) is 4.90 Å². The lowest BCUT2D eigenvalue weighted by Crippen LogP contribution is -2.37. The van der Waals surface area contributed by atoms with Crippen molar-refractivity contribution >= 4 is 29.0 Å².